The van der Waals surface area contributed by atoms with Gasteiger partial charge in [0.1, 0.15) is 0 Å². The van der Waals surface area contributed by atoms with Crippen LogP contribution < -0.4 is 0 Å². The average molecular weight is 534 g/mol. The first-order valence-corrected chi connectivity index (χ1v) is 11.7. The van der Waals surface area contributed by atoms with Gasteiger partial charge < -0.3 is 0 Å². The Morgan fingerprint density at radius 2 is 0.964 bits per heavy atom. The van der Waals surface area contributed by atoms with E-state index in [-0.39, 0.29) is 6.42 Å². The van der Waals surface area contributed by atoms with Crippen molar-refractivity contribution in [2.45, 2.75) is 125 Å². The predicted molar refractivity (Wildman–Crippen MR) is 109 cm³/mol. The highest BCUT2D eigenvalue weighted by Gasteiger charge is 2.72. The third kappa shape index (κ3) is 11.4. The van der Waals surface area contributed by atoms with E-state index >= 15 is 0 Å². The first-order valence-electron chi connectivity index (χ1n) is 10.4. The van der Waals surface area contributed by atoms with Crippen LogP contribution in [0.3, 0.4) is 0 Å². The quantitative estimate of drug-likeness (QED) is 0.0755. The molecule has 1 atom stereocenters. The highest BCUT2D eigenvalue weighted by atomic mass is 127. The third-order valence-corrected chi connectivity index (χ3v) is 5.98. The Balaban J connectivity index is 3.71. The Bertz CT molecular complexity index is 383. The Kier molecular flexibility index (Phi) is 14.4. The first kappa shape index (κ1) is 28.2. The van der Waals surface area contributed by atoms with E-state index in [9.17, 15) is 30.7 Å². The lowest BCUT2D eigenvalue weighted by molar-refractivity contribution is -0.355. The van der Waals surface area contributed by atoms with Crippen LogP contribution in [0.5, 0.6) is 0 Å². The summed E-state index contributed by atoms with van der Waals surface area (Å²) in [5, 5.41) is 0. The monoisotopic (exact) mass is 534 g/mol. The lowest BCUT2D eigenvalue weighted by Crippen LogP contribution is -2.52. The van der Waals surface area contributed by atoms with Crippen LogP contribution in [0.15, 0.2) is 0 Å². The van der Waals surface area contributed by atoms with Crippen molar-refractivity contribution >= 4 is 22.6 Å². The molecule has 0 amide bonds. The Morgan fingerprint density at radius 3 is 1.32 bits per heavy atom. The van der Waals surface area contributed by atoms with Gasteiger partial charge in [-0.1, -0.05) is 113 Å². The smallest absolute Gasteiger partial charge is 0.199 e. The molecule has 0 aromatic heterocycles. The van der Waals surface area contributed by atoms with Crippen molar-refractivity contribution in [3.8, 4) is 0 Å². The van der Waals surface area contributed by atoms with E-state index in [1.165, 1.54) is 51.4 Å². The molecule has 0 saturated heterocycles. The van der Waals surface area contributed by atoms with Gasteiger partial charge in [-0.3, -0.25) is 0 Å². The minimum absolute atomic E-state index is 0.224. The van der Waals surface area contributed by atoms with Crippen molar-refractivity contribution in [1.82, 2.24) is 0 Å². The third-order valence-electron chi connectivity index (χ3n) is 4.91. The summed E-state index contributed by atoms with van der Waals surface area (Å²) in [5.74, 6) is -11.1. The molecule has 0 spiro atoms. The fraction of sp³-hybridized carbons (Fsp3) is 1.00. The van der Waals surface area contributed by atoms with Gasteiger partial charge in [0.25, 0.3) is 0 Å². The molecule has 0 aromatic rings. The van der Waals surface area contributed by atoms with Crippen LogP contribution in [-0.2, 0) is 0 Å². The van der Waals surface area contributed by atoms with Gasteiger partial charge in [-0.05, 0) is 6.42 Å². The zero-order valence-corrected chi connectivity index (χ0v) is 18.9. The molecule has 0 rings (SSSR count). The summed E-state index contributed by atoms with van der Waals surface area (Å²) in [6.07, 6.45) is 7.13. The first-order chi connectivity index (χ1) is 13.0. The second-order valence-electron chi connectivity index (χ2n) is 7.61. The van der Waals surface area contributed by atoms with Gasteiger partial charge >= 0.3 is 18.0 Å². The molecule has 170 valence electrons. The van der Waals surface area contributed by atoms with Gasteiger partial charge in [0.15, 0.2) is 0 Å². The van der Waals surface area contributed by atoms with Crippen molar-refractivity contribution < 1.29 is 30.7 Å². The van der Waals surface area contributed by atoms with Crippen LogP contribution in [0.4, 0.5) is 30.7 Å². The van der Waals surface area contributed by atoms with E-state index in [0.717, 1.165) is 25.7 Å². The molecule has 28 heavy (non-hydrogen) atoms. The van der Waals surface area contributed by atoms with Crippen LogP contribution in [0, 0.1) is 0 Å². The van der Waals surface area contributed by atoms with Gasteiger partial charge in [-0.15, -0.1) is 0 Å². The number of unbranched alkanes of at least 4 members (excludes halogenated alkanes) is 12. The van der Waals surface area contributed by atoms with Crippen LogP contribution in [-0.4, -0.2) is 21.9 Å². The van der Waals surface area contributed by atoms with Crippen LogP contribution in [0.1, 0.15) is 103 Å². The maximum absolute atomic E-state index is 13.3. The van der Waals surface area contributed by atoms with Crippen molar-refractivity contribution in [3.05, 3.63) is 0 Å². The summed E-state index contributed by atoms with van der Waals surface area (Å²) < 4.78 is 87.9. The number of hydrogen-bond donors (Lipinski definition) is 0. The Hall–Kier alpha value is 0.240. The van der Waals surface area contributed by atoms with E-state index in [0.29, 0.717) is 6.42 Å². The summed E-state index contributed by atoms with van der Waals surface area (Å²) in [6.45, 7) is 2.20. The van der Waals surface area contributed by atoms with Gasteiger partial charge in [-0.25, -0.2) is 0 Å². The standard InChI is InChI=1S/C20H34F7I/c1-2-3-4-5-6-7-8-9-10-11-12-13-14-15-17(28)16-18(21,22)19(23,24)20(25,26)27/h17H,2-16H2,1H3. The van der Waals surface area contributed by atoms with Crippen LogP contribution in [0.25, 0.3) is 0 Å². The second-order valence-corrected chi connectivity index (χ2v) is 9.37. The maximum Gasteiger partial charge on any atom is 0.459 e. The molecule has 0 heterocycles. The molecule has 0 aliphatic carbocycles. The van der Waals surface area contributed by atoms with Gasteiger partial charge in [-0.2, -0.15) is 30.7 Å². The molecule has 0 saturated carbocycles. The fourth-order valence-corrected chi connectivity index (χ4v) is 4.09. The number of alkyl halides is 8. The SMILES string of the molecule is CCCCCCCCCCCCCCCC(I)CC(F)(F)C(F)(F)C(F)(F)F. The number of rotatable bonds is 17. The molecule has 8 heteroatoms. The minimum Gasteiger partial charge on any atom is -0.199 e. The molecule has 0 aliphatic rings. The zero-order valence-electron chi connectivity index (χ0n) is 16.7. The largest absolute Gasteiger partial charge is 0.459 e. The van der Waals surface area contributed by atoms with Crippen LogP contribution >= 0.6 is 22.6 Å². The zero-order chi connectivity index (χ0) is 21.7. The second kappa shape index (κ2) is 14.3. The molecule has 0 aromatic carbocycles. The molecule has 0 bridgehead atoms. The van der Waals surface area contributed by atoms with Crippen LogP contribution in [0.2, 0.25) is 0 Å². The predicted octanol–water partition coefficient (Wildman–Crippen LogP) is 9.49. The van der Waals surface area contributed by atoms with E-state index in [1.54, 1.807) is 22.6 Å². The molecule has 1 unspecified atom stereocenters. The van der Waals surface area contributed by atoms with E-state index in [4.69, 9.17) is 0 Å². The molecule has 0 radical (unpaired) electrons. The van der Waals surface area contributed by atoms with Gasteiger partial charge in [0, 0.05) is 10.3 Å². The van der Waals surface area contributed by atoms with Gasteiger partial charge in [0.05, 0.1) is 0 Å². The molecule has 0 nitrogen and oxygen atoms in total. The van der Waals surface area contributed by atoms with Crippen molar-refractivity contribution in [3.63, 3.8) is 0 Å². The van der Waals surface area contributed by atoms with Crippen molar-refractivity contribution in [1.29, 1.82) is 0 Å². The Morgan fingerprint density at radius 1 is 0.607 bits per heavy atom. The highest BCUT2D eigenvalue weighted by molar-refractivity contribution is 14.1. The molecule has 0 aliphatic heterocycles. The number of halogens is 8. The lowest BCUT2D eigenvalue weighted by atomic mass is 10.0. The van der Waals surface area contributed by atoms with Crippen molar-refractivity contribution in [2.24, 2.45) is 0 Å². The maximum atomic E-state index is 13.3. The van der Waals surface area contributed by atoms with E-state index in [2.05, 4.69) is 6.92 Å². The molecule has 0 fully saturated rings. The number of hydrogen-bond acceptors (Lipinski definition) is 0. The average Bonchev–Trinajstić information content (AvgIpc) is 2.57. The van der Waals surface area contributed by atoms with Gasteiger partial charge in [0.2, 0.25) is 0 Å². The van der Waals surface area contributed by atoms with E-state index in [1.807, 2.05) is 0 Å². The molecule has 0 N–H and O–H groups in total. The topological polar surface area (TPSA) is 0 Å². The normalized spacial score (nSPS) is 14.5. The molecular weight excluding hydrogens is 500 g/mol. The lowest BCUT2D eigenvalue weighted by Gasteiger charge is -2.29. The summed E-state index contributed by atoms with van der Waals surface area (Å²) in [5.41, 5.74) is 0. The summed E-state index contributed by atoms with van der Waals surface area (Å²) in [7, 11) is 0. The highest BCUT2D eigenvalue weighted by Crippen LogP contribution is 2.49. The summed E-state index contributed by atoms with van der Waals surface area (Å²) >= 11 is 1.55. The summed E-state index contributed by atoms with van der Waals surface area (Å²) in [6, 6.07) is 0. The Labute approximate surface area is 178 Å². The summed E-state index contributed by atoms with van der Waals surface area (Å²) in [4.78, 5) is 0. The molecular formula is C20H34F7I. The minimum atomic E-state index is -6.23. The fourth-order valence-electron chi connectivity index (χ4n) is 3.10. The van der Waals surface area contributed by atoms with E-state index < -0.39 is 28.4 Å². The van der Waals surface area contributed by atoms with Crippen molar-refractivity contribution in [2.75, 3.05) is 0 Å².